The molecule has 1 saturated heterocycles. The molecule has 152 valence electrons. The average molecular weight is 393 g/mol. The van der Waals surface area contributed by atoms with Gasteiger partial charge in [-0.2, -0.15) is 5.10 Å². The average Bonchev–Trinajstić information content (AvgIpc) is 3.33. The summed E-state index contributed by atoms with van der Waals surface area (Å²) in [7, 11) is 1.70. The summed E-state index contributed by atoms with van der Waals surface area (Å²) in [5, 5.41) is 7.92. The lowest BCUT2D eigenvalue weighted by atomic mass is 10.0. The molecule has 1 aromatic heterocycles. The van der Waals surface area contributed by atoms with Gasteiger partial charge in [0.2, 0.25) is 0 Å². The van der Waals surface area contributed by atoms with Crippen molar-refractivity contribution >= 4 is 0 Å². The summed E-state index contributed by atoms with van der Waals surface area (Å²) in [6, 6.07) is 19.2. The van der Waals surface area contributed by atoms with Gasteiger partial charge in [0.25, 0.3) is 0 Å². The highest BCUT2D eigenvalue weighted by Gasteiger charge is 2.22. The van der Waals surface area contributed by atoms with E-state index in [1.165, 1.54) is 11.1 Å². The number of aromatic nitrogens is 2. The van der Waals surface area contributed by atoms with Crippen LogP contribution < -0.4 is 10.1 Å². The van der Waals surface area contributed by atoms with E-state index in [9.17, 15) is 0 Å². The molecule has 0 saturated carbocycles. The van der Waals surface area contributed by atoms with E-state index in [1.54, 1.807) is 13.3 Å². The molecule has 6 heteroatoms. The maximum Gasteiger partial charge on any atom is 0.118 e. The van der Waals surface area contributed by atoms with Gasteiger partial charge in [0.05, 0.1) is 26.0 Å². The van der Waals surface area contributed by atoms with Gasteiger partial charge >= 0.3 is 0 Å². The number of nitrogens with zero attached hydrogens (tertiary/aromatic N) is 3. The van der Waals surface area contributed by atoms with Crippen molar-refractivity contribution in [1.82, 2.24) is 20.0 Å². The summed E-state index contributed by atoms with van der Waals surface area (Å²) < 4.78 is 12.7. The zero-order chi connectivity index (χ0) is 19.9. The standard InChI is InChI=1S/C23H28N4O2/c1-28-22-9-5-20(6-10-22)23(26-13-15-29-16-14-26)18-24-17-19-3-7-21(8-4-19)27-12-2-11-25-27/h2-12,23-24H,13-18H2,1H3. The van der Waals surface area contributed by atoms with Crippen LogP contribution >= 0.6 is 0 Å². The minimum absolute atomic E-state index is 0.313. The lowest BCUT2D eigenvalue weighted by Gasteiger charge is -2.35. The second kappa shape index (κ2) is 9.69. The lowest BCUT2D eigenvalue weighted by Crippen LogP contribution is -2.42. The Morgan fingerprint density at radius 2 is 1.83 bits per heavy atom. The van der Waals surface area contributed by atoms with Gasteiger partial charge in [0.1, 0.15) is 5.75 Å². The van der Waals surface area contributed by atoms with Crippen molar-refractivity contribution < 1.29 is 9.47 Å². The Labute approximate surface area is 172 Å². The molecule has 1 unspecified atom stereocenters. The maximum absolute atomic E-state index is 5.55. The Morgan fingerprint density at radius 1 is 1.07 bits per heavy atom. The van der Waals surface area contributed by atoms with Crippen LogP contribution in [-0.4, -0.2) is 54.6 Å². The summed E-state index contributed by atoms with van der Waals surface area (Å²) in [6.07, 6.45) is 3.75. The third kappa shape index (κ3) is 5.03. The molecule has 1 aliphatic heterocycles. The zero-order valence-corrected chi connectivity index (χ0v) is 16.8. The molecule has 29 heavy (non-hydrogen) atoms. The molecule has 0 spiro atoms. The van der Waals surface area contributed by atoms with E-state index < -0.39 is 0 Å². The number of methoxy groups -OCH3 is 1. The third-order valence-corrected chi connectivity index (χ3v) is 5.36. The number of benzene rings is 2. The Morgan fingerprint density at radius 3 is 2.48 bits per heavy atom. The van der Waals surface area contributed by atoms with Crippen LogP contribution in [0.25, 0.3) is 5.69 Å². The molecule has 2 heterocycles. The van der Waals surface area contributed by atoms with Crippen LogP contribution in [0.3, 0.4) is 0 Å². The predicted octanol–water partition coefficient (Wildman–Crippen LogP) is 3.04. The molecule has 0 amide bonds. The van der Waals surface area contributed by atoms with E-state index in [0.717, 1.165) is 50.8 Å². The Bertz CT molecular complexity index is 857. The number of hydrogen-bond acceptors (Lipinski definition) is 5. The van der Waals surface area contributed by atoms with Crippen molar-refractivity contribution in [2.75, 3.05) is 40.0 Å². The molecule has 0 aliphatic carbocycles. The number of rotatable bonds is 8. The summed E-state index contributed by atoms with van der Waals surface area (Å²) in [5.74, 6) is 0.889. The van der Waals surface area contributed by atoms with E-state index in [0.29, 0.717) is 6.04 Å². The molecule has 1 atom stereocenters. The fourth-order valence-corrected chi connectivity index (χ4v) is 3.71. The minimum atomic E-state index is 0.313. The van der Waals surface area contributed by atoms with Crippen molar-refractivity contribution in [2.24, 2.45) is 0 Å². The molecule has 0 radical (unpaired) electrons. The molecule has 1 fully saturated rings. The van der Waals surface area contributed by atoms with E-state index in [2.05, 4.69) is 51.7 Å². The van der Waals surface area contributed by atoms with Gasteiger partial charge in [-0.05, 0) is 41.5 Å². The van der Waals surface area contributed by atoms with Crippen molar-refractivity contribution in [3.05, 3.63) is 78.1 Å². The first-order chi connectivity index (χ1) is 14.3. The Balaban J connectivity index is 1.39. The molecule has 0 bridgehead atoms. The summed E-state index contributed by atoms with van der Waals surface area (Å²) in [4.78, 5) is 2.50. The summed E-state index contributed by atoms with van der Waals surface area (Å²) in [5.41, 5.74) is 3.63. The maximum atomic E-state index is 5.55. The van der Waals surface area contributed by atoms with Crippen LogP contribution in [-0.2, 0) is 11.3 Å². The minimum Gasteiger partial charge on any atom is -0.497 e. The van der Waals surface area contributed by atoms with Crippen LogP contribution in [0.5, 0.6) is 5.75 Å². The molecule has 1 aliphatic rings. The third-order valence-electron chi connectivity index (χ3n) is 5.36. The topological polar surface area (TPSA) is 51.5 Å². The van der Waals surface area contributed by atoms with Gasteiger partial charge in [-0.25, -0.2) is 4.68 Å². The fraction of sp³-hybridized carbons (Fsp3) is 0.348. The van der Waals surface area contributed by atoms with E-state index in [4.69, 9.17) is 9.47 Å². The number of hydrogen-bond donors (Lipinski definition) is 1. The normalized spacial score (nSPS) is 15.9. The monoisotopic (exact) mass is 392 g/mol. The molecular weight excluding hydrogens is 364 g/mol. The highest BCUT2D eigenvalue weighted by atomic mass is 16.5. The predicted molar refractivity (Wildman–Crippen MR) is 113 cm³/mol. The van der Waals surface area contributed by atoms with Crippen LogP contribution in [0.2, 0.25) is 0 Å². The highest BCUT2D eigenvalue weighted by Crippen LogP contribution is 2.24. The van der Waals surface area contributed by atoms with Crippen molar-refractivity contribution in [2.45, 2.75) is 12.6 Å². The van der Waals surface area contributed by atoms with Gasteiger partial charge in [-0.1, -0.05) is 24.3 Å². The number of morpholine rings is 1. The summed E-state index contributed by atoms with van der Waals surface area (Å²) in [6.45, 7) is 5.21. The van der Waals surface area contributed by atoms with Crippen LogP contribution in [0.1, 0.15) is 17.2 Å². The van der Waals surface area contributed by atoms with Crippen molar-refractivity contribution in [3.63, 3.8) is 0 Å². The Hall–Kier alpha value is -2.67. The molecule has 4 rings (SSSR count). The fourth-order valence-electron chi connectivity index (χ4n) is 3.71. The smallest absolute Gasteiger partial charge is 0.118 e. The van der Waals surface area contributed by atoms with E-state index >= 15 is 0 Å². The Kier molecular flexibility index (Phi) is 6.56. The van der Waals surface area contributed by atoms with Crippen molar-refractivity contribution in [1.29, 1.82) is 0 Å². The van der Waals surface area contributed by atoms with Crippen molar-refractivity contribution in [3.8, 4) is 11.4 Å². The lowest BCUT2D eigenvalue weighted by molar-refractivity contribution is 0.0161. The molecular formula is C23H28N4O2. The van der Waals surface area contributed by atoms with Crippen LogP contribution in [0.4, 0.5) is 0 Å². The highest BCUT2D eigenvalue weighted by molar-refractivity contribution is 5.34. The quantitative estimate of drug-likeness (QED) is 0.639. The molecule has 3 aromatic rings. The van der Waals surface area contributed by atoms with E-state index in [-0.39, 0.29) is 0 Å². The molecule has 1 N–H and O–H groups in total. The van der Waals surface area contributed by atoms with Gasteiger partial charge in [-0.3, -0.25) is 4.90 Å². The first-order valence-corrected chi connectivity index (χ1v) is 10.1. The second-order valence-electron chi connectivity index (χ2n) is 7.19. The zero-order valence-electron chi connectivity index (χ0n) is 16.8. The van der Waals surface area contributed by atoms with Crippen LogP contribution in [0, 0.1) is 0 Å². The summed E-state index contributed by atoms with van der Waals surface area (Å²) >= 11 is 0. The van der Waals surface area contributed by atoms with Gasteiger partial charge in [0, 0.05) is 44.6 Å². The van der Waals surface area contributed by atoms with Gasteiger partial charge in [0.15, 0.2) is 0 Å². The number of nitrogens with one attached hydrogen (secondary N) is 1. The first-order valence-electron chi connectivity index (χ1n) is 10.1. The number of ether oxygens (including phenoxy) is 2. The second-order valence-corrected chi connectivity index (χ2v) is 7.19. The van der Waals surface area contributed by atoms with Crippen LogP contribution in [0.15, 0.2) is 67.0 Å². The molecule has 2 aromatic carbocycles. The van der Waals surface area contributed by atoms with Gasteiger partial charge < -0.3 is 14.8 Å². The van der Waals surface area contributed by atoms with Gasteiger partial charge in [-0.15, -0.1) is 0 Å². The van der Waals surface area contributed by atoms with E-state index in [1.807, 2.05) is 29.1 Å². The first kappa shape index (κ1) is 19.6. The SMILES string of the molecule is COc1ccc(C(CNCc2ccc(-n3cccn3)cc2)N2CCOCC2)cc1. The molecule has 6 nitrogen and oxygen atoms in total. The largest absolute Gasteiger partial charge is 0.497 e.